The lowest BCUT2D eigenvalue weighted by atomic mass is 10.5. The third-order valence-corrected chi connectivity index (χ3v) is 2.68. The number of hydrogen-bond acceptors (Lipinski definition) is 3. The average Bonchev–Trinajstić information content (AvgIpc) is 2.66. The van der Waals surface area contributed by atoms with Gasteiger partial charge in [0.15, 0.2) is 0 Å². The largest absolute Gasteiger partial charge is 0.372 e. The number of rotatable bonds is 4. The monoisotopic (exact) mass is 165 g/mol. The maximum absolute atomic E-state index is 10.8. The van der Waals surface area contributed by atoms with E-state index in [4.69, 9.17) is 4.74 Å². The Morgan fingerprint density at radius 1 is 1.70 bits per heavy atom. The Morgan fingerprint density at radius 3 is 2.70 bits per heavy atom. The van der Waals surface area contributed by atoms with Crippen molar-refractivity contribution in [1.29, 1.82) is 0 Å². The fourth-order valence-electron chi connectivity index (χ4n) is 0.508. The van der Waals surface area contributed by atoms with Gasteiger partial charge in [-0.15, -0.1) is 0 Å². The molecule has 1 aliphatic heterocycles. The van der Waals surface area contributed by atoms with Crippen molar-refractivity contribution < 1.29 is 13.2 Å². The summed E-state index contributed by atoms with van der Waals surface area (Å²) >= 11 is 0. The van der Waals surface area contributed by atoms with Gasteiger partial charge in [0.2, 0.25) is 10.0 Å². The van der Waals surface area contributed by atoms with Crippen LogP contribution in [0.2, 0.25) is 0 Å². The molecule has 60 valence electrons. The molecule has 1 saturated heterocycles. The van der Waals surface area contributed by atoms with E-state index in [1.54, 1.807) is 6.92 Å². The van der Waals surface area contributed by atoms with Crippen LogP contribution in [0.1, 0.15) is 6.92 Å². The van der Waals surface area contributed by atoms with Crippen molar-refractivity contribution >= 4 is 10.0 Å². The highest BCUT2D eigenvalue weighted by Gasteiger charge is 2.23. The molecule has 0 aliphatic carbocycles. The smallest absolute Gasteiger partial charge is 0.211 e. The number of ether oxygens (including phenoxy) is 1. The molecule has 1 atom stereocenters. The third kappa shape index (κ3) is 2.64. The summed E-state index contributed by atoms with van der Waals surface area (Å²) in [4.78, 5) is 0. The van der Waals surface area contributed by atoms with E-state index in [0.717, 1.165) is 0 Å². The minimum Gasteiger partial charge on any atom is -0.372 e. The second kappa shape index (κ2) is 2.86. The van der Waals surface area contributed by atoms with Gasteiger partial charge in [-0.3, -0.25) is 0 Å². The van der Waals surface area contributed by atoms with Crippen molar-refractivity contribution in [2.75, 3.05) is 18.9 Å². The van der Waals surface area contributed by atoms with Crippen LogP contribution >= 0.6 is 0 Å². The van der Waals surface area contributed by atoms with Gasteiger partial charge in [-0.2, -0.15) is 0 Å². The molecule has 5 heteroatoms. The van der Waals surface area contributed by atoms with Crippen LogP contribution in [0.3, 0.4) is 0 Å². The Morgan fingerprint density at radius 2 is 2.30 bits per heavy atom. The van der Waals surface area contributed by atoms with Crippen molar-refractivity contribution in [1.82, 2.24) is 4.72 Å². The molecular weight excluding hydrogens is 154 g/mol. The topological polar surface area (TPSA) is 58.7 Å². The number of sulfonamides is 1. The quantitative estimate of drug-likeness (QED) is 0.562. The lowest BCUT2D eigenvalue weighted by Gasteiger charge is -1.99. The summed E-state index contributed by atoms with van der Waals surface area (Å²) in [7, 11) is -3.00. The SMILES string of the molecule is CCS(=O)(=O)NC[C@@H]1CO1. The van der Waals surface area contributed by atoms with Gasteiger partial charge in [-0.1, -0.05) is 0 Å². The van der Waals surface area contributed by atoms with E-state index >= 15 is 0 Å². The van der Waals surface area contributed by atoms with E-state index in [1.165, 1.54) is 0 Å². The van der Waals surface area contributed by atoms with Crippen LogP contribution < -0.4 is 4.72 Å². The van der Waals surface area contributed by atoms with Gasteiger partial charge in [0.25, 0.3) is 0 Å². The van der Waals surface area contributed by atoms with Crippen molar-refractivity contribution in [2.45, 2.75) is 13.0 Å². The van der Waals surface area contributed by atoms with Gasteiger partial charge in [0, 0.05) is 6.54 Å². The molecule has 0 spiro atoms. The number of epoxide rings is 1. The highest BCUT2D eigenvalue weighted by atomic mass is 32.2. The van der Waals surface area contributed by atoms with Crippen molar-refractivity contribution in [2.24, 2.45) is 0 Å². The summed E-state index contributed by atoms with van der Waals surface area (Å²) in [5.41, 5.74) is 0. The van der Waals surface area contributed by atoms with Crippen molar-refractivity contribution in [3.63, 3.8) is 0 Å². The molecule has 1 aliphatic rings. The molecule has 1 fully saturated rings. The van der Waals surface area contributed by atoms with E-state index in [-0.39, 0.29) is 11.9 Å². The molecule has 0 aromatic rings. The number of nitrogens with one attached hydrogen (secondary N) is 1. The van der Waals surface area contributed by atoms with Crippen molar-refractivity contribution in [3.05, 3.63) is 0 Å². The van der Waals surface area contributed by atoms with Crippen LogP contribution in [0, 0.1) is 0 Å². The minimum absolute atomic E-state index is 0.126. The summed E-state index contributed by atoms with van der Waals surface area (Å²) in [5.74, 6) is 0.139. The Balaban J connectivity index is 2.22. The molecule has 1 heterocycles. The molecule has 0 aromatic heterocycles. The van der Waals surface area contributed by atoms with Gasteiger partial charge in [-0.05, 0) is 6.92 Å². The predicted molar refractivity (Wildman–Crippen MR) is 37.2 cm³/mol. The first-order valence-electron chi connectivity index (χ1n) is 3.23. The van der Waals surface area contributed by atoms with E-state index in [2.05, 4.69) is 4.72 Å². The van der Waals surface area contributed by atoms with Crippen LogP contribution in [-0.2, 0) is 14.8 Å². The van der Waals surface area contributed by atoms with Crippen LogP contribution in [-0.4, -0.2) is 33.4 Å². The van der Waals surface area contributed by atoms with Gasteiger partial charge < -0.3 is 4.74 Å². The minimum atomic E-state index is -3.00. The van der Waals surface area contributed by atoms with Gasteiger partial charge >= 0.3 is 0 Å². The molecule has 0 unspecified atom stereocenters. The summed E-state index contributed by atoms with van der Waals surface area (Å²) in [5, 5.41) is 0. The maximum Gasteiger partial charge on any atom is 0.211 e. The van der Waals surface area contributed by atoms with Crippen LogP contribution in [0.25, 0.3) is 0 Å². The first-order valence-corrected chi connectivity index (χ1v) is 4.88. The second-order valence-corrected chi connectivity index (χ2v) is 4.30. The summed E-state index contributed by atoms with van der Waals surface area (Å²) < 4.78 is 28.8. The van der Waals surface area contributed by atoms with E-state index in [0.29, 0.717) is 13.2 Å². The van der Waals surface area contributed by atoms with E-state index in [9.17, 15) is 8.42 Å². The average molecular weight is 165 g/mol. The molecular formula is C5H11NO3S. The fourth-order valence-corrected chi connectivity index (χ4v) is 1.15. The van der Waals surface area contributed by atoms with Crippen LogP contribution in [0.15, 0.2) is 0 Å². The Bertz CT molecular complexity index is 195. The Kier molecular flexibility index (Phi) is 2.28. The van der Waals surface area contributed by atoms with Gasteiger partial charge in [0.1, 0.15) is 0 Å². The van der Waals surface area contributed by atoms with Crippen LogP contribution in [0.4, 0.5) is 0 Å². The Hall–Kier alpha value is -0.130. The molecule has 0 radical (unpaired) electrons. The Labute approximate surface area is 60.6 Å². The van der Waals surface area contributed by atoms with Gasteiger partial charge in [-0.25, -0.2) is 13.1 Å². The molecule has 1 rings (SSSR count). The molecule has 1 N–H and O–H groups in total. The molecule has 4 nitrogen and oxygen atoms in total. The lowest BCUT2D eigenvalue weighted by molar-refractivity contribution is 0.406. The standard InChI is InChI=1S/C5H11NO3S/c1-2-10(7,8)6-3-5-4-9-5/h5-6H,2-4H2,1H3/t5-/m1/s1. The summed E-state index contributed by atoms with van der Waals surface area (Å²) in [6, 6.07) is 0. The first-order chi connectivity index (χ1) is 4.64. The van der Waals surface area contributed by atoms with E-state index < -0.39 is 10.0 Å². The van der Waals surface area contributed by atoms with E-state index in [1.807, 2.05) is 0 Å². The van der Waals surface area contributed by atoms with Crippen molar-refractivity contribution in [3.8, 4) is 0 Å². The zero-order valence-corrected chi connectivity index (χ0v) is 6.65. The molecule has 0 bridgehead atoms. The normalized spacial score (nSPS) is 24.7. The zero-order chi connectivity index (χ0) is 7.61. The highest BCUT2D eigenvalue weighted by Crippen LogP contribution is 2.06. The maximum atomic E-state index is 10.8. The predicted octanol–water partition coefficient (Wildman–Crippen LogP) is -0.675. The second-order valence-electron chi connectivity index (χ2n) is 2.21. The number of hydrogen-bond donors (Lipinski definition) is 1. The third-order valence-electron chi connectivity index (χ3n) is 1.31. The highest BCUT2D eigenvalue weighted by molar-refractivity contribution is 7.89. The fraction of sp³-hybridized carbons (Fsp3) is 1.00. The molecule has 0 amide bonds. The van der Waals surface area contributed by atoms with Gasteiger partial charge in [0.05, 0.1) is 18.5 Å². The molecule has 10 heavy (non-hydrogen) atoms. The summed E-state index contributed by atoms with van der Waals surface area (Å²) in [6.45, 7) is 2.72. The molecule has 0 saturated carbocycles. The first kappa shape index (κ1) is 7.97. The lowest BCUT2D eigenvalue weighted by Crippen LogP contribution is -2.28. The van der Waals surface area contributed by atoms with Crippen LogP contribution in [0.5, 0.6) is 0 Å². The zero-order valence-electron chi connectivity index (χ0n) is 5.83. The summed E-state index contributed by atoms with van der Waals surface area (Å²) in [6.07, 6.45) is 0.126. The molecule has 0 aromatic carbocycles.